The molecule has 0 fully saturated rings. The molecule has 0 bridgehead atoms. The van der Waals surface area contributed by atoms with Gasteiger partial charge >= 0.3 is 0 Å². The standard InChI is InChI=1S/C13H16ClN5O3/c1-21-10-3-2-9(14)6-8(10)7-16-4-5-17-13(20)11-12(15)19-22-18-11/h2-3,6,16H,4-5,7H2,1H3,(H2,15,19)(H,17,20)/p+1. The normalized spacial score (nSPS) is 10.5. The van der Waals surface area contributed by atoms with E-state index < -0.39 is 5.91 Å². The molecular weight excluding hydrogens is 310 g/mol. The van der Waals surface area contributed by atoms with Crippen molar-refractivity contribution in [1.82, 2.24) is 15.6 Å². The molecule has 8 nitrogen and oxygen atoms in total. The van der Waals surface area contributed by atoms with Gasteiger partial charge in [-0.25, -0.2) is 4.63 Å². The summed E-state index contributed by atoms with van der Waals surface area (Å²) in [6, 6.07) is 5.46. The van der Waals surface area contributed by atoms with E-state index in [-0.39, 0.29) is 11.5 Å². The molecule has 118 valence electrons. The van der Waals surface area contributed by atoms with Gasteiger partial charge in [-0.15, -0.1) is 0 Å². The van der Waals surface area contributed by atoms with Gasteiger partial charge in [0.25, 0.3) is 5.91 Å². The molecule has 22 heavy (non-hydrogen) atoms. The van der Waals surface area contributed by atoms with Gasteiger partial charge in [0.15, 0.2) is 0 Å². The summed E-state index contributed by atoms with van der Waals surface area (Å²) in [5, 5.41) is 12.1. The first-order chi connectivity index (χ1) is 10.6. The molecule has 1 aromatic carbocycles. The fourth-order valence-electron chi connectivity index (χ4n) is 1.89. The Kier molecular flexibility index (Phi) is 5.56. The molecule has 1 aromatic heterocycles. The van der Waals surface area contributed by atoms with Crippen molar-refractivity contribution in [3.63, 3.8) is 0 Å². The number of carbonyl (C=O) groups excluding carboxylic acids is 1. The van der Waals surface area contributed by atoms with Crippen LogP contribution in [0.3, 0.4) is 0 Å². The lowest BCUT2D eigenvalue weighted by atomic mass is 10.2. The Balaban J connectivity index is 1.75. The SMILES string of the molecule is COc1ccc(Cl)cc1C[NH2+]CCNC(=O)c1nonc1N. The Labute approximate surface area is 131 Å². The number of rotatable bonds is 7. The van der Waals surface area contributed by atoms with Crippen LogP contribution in [0, 0.1) is 0 Å². The Morgan fingerprint density at radius 3 is 3.00 bits per heavy atom. The van der Waals surface area contributed by atoms with Crippen LogP contribution in [0.5, 0.6) is 5.75 Å². The van der Waals surface area contributed by atoms with E-state index in [0.29, 0.717) is 24.7 Å². The average Bonchev–Trinajstić information content (AvgIpc) is 2.93. The van der Waals surface area contributed by atoms with E-state index in [1.807, 2.05) is 17.4 Å². The first-order valence-corrected chi connectivity index (χ1v) is 7.00. The largest absolute Gasteiger partial charge is 0.496 e. The van der Waals surface area contributed by atoms with Gasteiger partial charge in [-0.1, -0.05) is 11.6 Å². The summed E-state index contributed by atoms with van der Waals surface area (Å²) in [4.78, 5) is 11.7. The fraction of sp³-hybridized carbons (Fsp3) is 0.308. The summed E-state index contributed by atoms with van der Waals surface area (Å²) >= 11 is 5.97. The van der Waals surface area contributed by atoms with Crippen molar-refractivity contribution < 1.29 is 19.5 Å². The Hall–Kier alpha value is -2.32. The van der Waals surface area contributed by atoms with Gasteiger partial charge in [0.05, 0.1) is 20.2 Å². The minimum atomic E-state index is -0.410. The molecule has 9 heteroatoms. The number of benzene rings is 1. The van der Waals surface area contributed by atoms with E-state index in [1.54, 1.807) is 13.2 Å². The number of nitrogens with two attached hydrogens (primary N) is 2. The lowest BCUT2D eigenvalue weighted by Crippen LogP contribution is -2.84. The molecule has 1 heterocycles. The van der Waals surface area contributed by atoms with E-state index in [2.05, 4.69) is 20.3 Å². The number of nitrogens with one attached hydrogen (secondary N) is 1. The molecule has 0 saturated heterocycles. The van der Waals surface area contributed by atoms with Gasteiger partial charge in [-0.05, 0) is 28.5 Å². The Morgan fingerprint density at radius 1 is 1.50 bits per heavy atom. The molecule has 2 aromatic rings. The first-order valence-electron chi connectivity index (χ1n) is 6.62. The van der Waals surface area contributed by atoms with E-state index in [9.17, 15) is 4.79 Å². The van der Waals surface area contributed by atoms with Gasteiger partial charge in [0, 0.05) is 10.6 Å². The second kappa shape index (κ2) is 7.62. The zero-order chi connectivity index (χ0) is 15.9. The number of carbonyl (C=O) groups is 1. The number of aromatic nitrogens is 2. The highest BCUT2D eigenvalue weighted by atomic mass is 35.5. The number of ether oxygens (including phenoxy) is 1. The first kappa shape index (κ1) is 16.1. The smallest absolute Gasteiger partial charge is 0.277 e. The van der Waals surface area contributed by atoms with E-state index >= 15 is 0 Å². The van der Waals surface area contributed by atoms with Crippen LogP contribution >= 0.6 is 11.6 Å². The van der Waals surface area contributed by atoms with Crippen molar-refractivity contribution in [2.45, 2.75) is 6.54 Å². The zero-order valence-electron chi connectivity index (χ0n) is 12.0. The van der Waals surface area contributed by atoms with Crippen molar-refractivity contribution in [2.75, 3.05) is 25.9 Å². The van der Waals surface area contributed by atoms with Crippen molar-refractivity contribution in [2.24, 2.45) is 0 Å². The quantitative estimate of drug-likeness (QED) is 0.606. The molecule has 0 saturated carbocycles. The Bertz CT molecular complexity index is 646. The van der Waals surface area contributed by atoms with E-state index in [4.69, 9.17) is 22.1 Å². The molecule has 2 rings (SSSR count). The third kappa shape index (κ3) is 4.09. The number of anilines is 1. The fourth-order valence-corrected chi connectivity index (χ4v) is 2.08. The second-order valence-electron chi connectivity index (χ2n) is 4.49. The number of halogens is 1. The minimum absolute atomic E-state index is 0.00323. The number of nitrogen functional groups attached to an aromatic ring is 1. The molecule has 0 unspecified atom stereocenters. The van der Waals surface area contributed by atoms with Gasteiger partial charge in [-0.2, -0.15) is 0 Å². The summed E-state index contributed by atoms with van der Waals surface area (Å²) in [6.45, 7) is 1.81. The molecule has 0 atom stereocenters. The van der Waals surface area contributed by atoms with Crippen molar-refractivity contribution in [3.8, 4) is 5.75 Å². The van der Waals surface area contributed by atoms with Crippen LogP contribution in [-0.2, 0) is 6.54 Å². The number of nitrogens with zero attached hydrogens (tertiary/aromatic N) is 2. The predicted octanol–water partition coefficient (Wildman–Crippen LogP) is -0.193. The van der Waals surface area contributed by atoms with Crippen LogP contribution in [0.15, 0.2) is 22.8 Å². The summed E-state index contributed by atoms with van der Waals surface area (Å²) in [7, 11) is 1.61. The highest BCUT2D eigenvalue weighted by molar-refractivity contribution is 6.30. The monoisotopic (exact) mass is 326 g/mol. The highest BCUT2D eigenvalue weighted by Gasteiger charge is 2.15. The minimum Gasteiger partial charge on any atom is -0.496 e. The number of amides is 1. The maximum Gasteiger partial charge on any atom is 0.277 e. The van der Waals surface area contributed by atoms with Crippen LogP contribution in [-0.4, -0.2) is 36.4 Å². The zero-order valence-corrected chi connectivity index (χ0v) is 12.8. The van der Waals surface area contributed by atoms with Crippen LogP contribution in [0.1, 0.15) is 16.1 Å². The maximum atomic E-state index is 11.7. The van der Waals surface area contributed by atoms with Gasteiger partial charge in [-0.3, -0.25) is 4.79 Å². The molecule has 0 aliphatic rings. The highest BCUT2D eigenvalue weighted by Crippen LogP contribution is 2.21. The summed E-state index contributed by atoms with van der Waals surface area (Å²) in [6.07, 6.45) is 0. The number of methoxy groups -OCH3 is 1. The molecule has 0 aliphatic heterocycles. The summed E-state index contributed by atoms with van der Waals surface area (Å²) in [5.74, 6) is 0.351. The predicted molar refractivity (Wildman–Crippen MR) is 79.5 cm³/mol. The third-order valence-corrected chi connectivity index (χ3v) is 3.20. The number of hydrogen-bond donors (Lipinski definition) is 3. The molecular formula is C13H17ClN5O3+. The summed E-state index contributed by atoms with van der Waals surface area (Å²) in [5.41, 5.74) is 6.42. The third-order valence-electron chi connectivity index (χ3n) is 2.97. The lowest BCUT2D eigenvalue weighted by molar-refractivity contribution is -0.668. The second-order valence-corrected chi connectivity index (χ2v) is 4.93. The van der Waals surface area contributed by atoms with Crippen molar-refractivity contribution >= 4 is 23.3 Å². The van der Waals surface area contributed by atoms with Gasteiger partial charge < -0.3 is 21.1 Å². The average molecular weight is 327 g/mol. The van der Waals surface area contributed by atoms with Crippen molar-refractivity contribution in [1.29, 1.82) is 0 Å². The molecule has 5 N–H and O–H groups in total. The molecule has 0 spiro atoms. The van der Waals surface area contributed by atoms with Crippen LogP contribution in [0.2, 0.25) is 5.02 Å². The van der Waals surface area contributed by atoms with Crippen LogP contribution in [0.25, 0.3) is 0 Å². The topological polar surface area (TPSA) is 120 Å². The van der Waals surface area contributed by atoms with E-state index in [0.717, 1.165) is 11.3 Å². The van der Waals surface area contributed by atoms with Gasteiger partial charge in [0.2, 0.25) is 11.5 Å². The van der Waals surface area contributed by atoms with Gasteiger partial charge in [0.1, 0.15) is 12.3 Å². The molecule has 0 radical (unpaired) electrons. The Morgan fingerprint density at radius 2 is 2.32 bits per heavy atom. The maximum absolute atomic E-state index is 11.7. The number of quaternary nitrogens is 1. The van der Waals surface area contributed by atoms with Crippen LogP contribution in [0.4, 0.5) is 5.82 Å². The van der Waals surface area contributed by atoms with Crippen LogP contribution < -0.4 is 21.1 Å². The lowest BCUT2D eigenvalue weighted by Gasteiger charge is -2.08. The van der Waals surface area contributed by atoms with E-state index in [1.165, 1.54) is 0 Å². The molecule has 0 aliphatic carbocycles. The molecule has 1 amide bonds. The number of hydrogen-bond acceptors (Lipinski definition) is 6. The van der Waals surface area contributed by atoms with Crippen molar-refractivity contribution in [3.05, 3.63) is 34.5 Å². The summed E-state index contributed by atoms with van der Waals surface area (Å²) < 4.78 is 9.64.